The number of benzene rings is 2. The molecule has 0 aliphatic carbocycles. The Kier molecular flexibility index (Phi) is 6.51. The van der Waals surface area contributed by atoms with Crippen molar-refractivity contribution in [2.75, 3.05) is 33.5 Å². The van der Waals surface area contributed by atoms with Gasteiger partial charge in [0, 0.05) is 12.1 Å². The second-order valence-electron chi connectivity index (χ2n) is 6.09. The quantitative estimate of drug-likeness (QED) is 0.734. The third-order valence-corrected chi connectivity index (χ3v) is 4.04. The summed E-state index contributed by atoms with van der Waals surface area (Å²) in [6, 6.07) is 12.5. The maximum atomic E-state index is 12.2. The van der Waals surface area contributed by atoms with E-state index in [4.69, 9.17) is 18.9 Å². The van der Waals surface area contributed by atoms with Gasteiger partial charge in [-0.05, 0) is 35.9 Å². The van der Waals surface area contributed by atoms with E-state index in [0.29, 0.717) is 36.9 Å². The van der Waals surface area contributed by atoms with Gasteiger partial charge in [0.05, 0.1) is 26.4 Å². The fourth-order valence-corrected chi connectivity index (χ4v) is 2.59. The van der Waals surface area contributed by atoms with Crippen LogP contribution in [0.3, 0.4) is 0 Å². The van der Waals surface area contributed by atoms with Crippen molar-refractivity contribution in [1.82, 2.24) is 5.32 Å². The van der Waals surface area contributed by atoms with Crippen LogP contribution in [-0.2, 0) is 11.3 Å². The van der Waals surface area contributed by atoms with Gasteiger partial charge < -0.3 is 29.4 Å². The molecular formula is C20H23NO6. The number of carbonyl (C=O) groups is 1. The molecule has 1 aliphatic rings. The van der Waals surface area contributed by atoms with Crippen molar-refractivity contribution < 1.29 is 28.8 Å². The van der Waals surface area contributed by atoms with E-state index in [1.54, 1.807) is 25.3 Å². The number of ether oxygens (including phenoxy) is 4. The molecule has 0 aromatic heterocycles. The van der Waals surface area contributed by atoms with Gasteiger partial charge in [0.1, 0.15) is 19.0 Å². The van der Waals surface area contributed by atoms with E-state index in [-0.39, 0.29) is 19.1 Å². The lowest BCUT2D eigenvalue weighted by molar-refractivity contribution is 0.0285. The molecule has 27 heavy (non-hydrogen) atoms. The molecule has 0 saturated heterocycles. The SMILES string of the molecule is COc1ccc(COC[C@@H](O)CNC(=O)c2ccc3c(c2)OCCO3)cc1. The topological polar surface area (TPSA) is 86.2 Å². The highest BCUT2D eigenvalue weighted by atomic mass is 16.6. The molecule has 144 valence electrons. The van der Waals surface area contributed by atoms with Crippen molar-refractivity contribution in [2.24, 2.45) is 0 Å². The van der Waals surface area contributed by atoms with E-state index in [1.807, 2.05) is 24.3 Å². The number of rotatable bonds is 8. The molecule has 0 unspecified atom stereocenters. The molecule has 2 N–H and O–H groups in total. The molecule has 0 spiro atoms. The van der Waals surface area contributed by atoms with Gasteiger partial charge in [-0.3, -0.25) is 4.79 Å². The van der Waals surface area contributed by atoms with Gasteiger partial charge >= 0.3 is 0 Å². The Labute approximate surface area is 157 Å². The number of fused-ring (bicyclic) bond motifs is 1. The molecule has 1 amide bonds. The molecule has 0 saturated carbocycles. The number of carbonyl (C=O) groups excluding carboxylic acids is 1. The number of hydrogen-bond donors (Lipinski definition) is 2. The monoisotopic (exact) mass is 373 g/mol. The maximum Gasteiger partial charge on any atom is 0.251 e. The Bertz CT molecular complexity index is 762. The number of methoxy groups -OCH3 is 1. The largest absolute Gasteiger partial charge is 0.497 e. The van der Waals surface area contributed by atoms with Crippen LogP contribution in [0.15, 0.2) is 42.5 Å². The lowest BCUT2D eigenvalue weighted by atomic mass is 10.1. The lowest BCUT2D eigenvalue weighted by Crippen LogP contribution is -2.34. The minimum absolute atomic E-state index is 0.0931. The molecule has 0 bridgehead atoms. The van der Waals surface area contributed by atoms with Crippen molar-refractivity contribution in [1.29, 1.82) is 0 Å². The summed E-state index contributed by atoms with van der Waals surface area (Å²) < 4.78 is 21.5. The van der Waals surface area contributed by atoms with Crippen LogP contribution in [0.4, 0.5) is 0 Å². The number of amides is 1. The molecule has 3 rings (SSSR count). The third kappa shape index (κ3) is 5.35. The van der Waals surface area contributed by atoms with E-state index >= 15 is 0 Å². The van der Waals surface area contributed by atoms with Gasteiger partial charge in [-0.25, -0.2) is 0 Å². The maximum absolute atomic E-state index is 12.2. The van der Waals surface area contributed by atoms with E-state index in [1.165, 1.54) is 0 Å². The molecular weight excluding hydrogens is 350 g/mol. The fraction of sp³-hybridized carbons (Fsp3) is 0.350. The summed E-state index contributed by atoms with van der Waals surface area (Å²) in [5, 5.41) is 12.7. The molecule has 0 radical (unpaired) electrons. The highest BCUT2D eigenvalue weighted by Gasteiger charge is 2.15. The van der Waals surface area contributed by atoms with Crippen LogP contribution < -0.4 is 19.5 Å². The summed E-state index contributed by atoms with van der Waals surface area (Å²) in [6.45, 7) is 1.55. The lowest BCUT2D eigenvalue weighted by Gasteiger charge is -2.19. The zero-order valence-electron chi connectivity index (χ0n) is 15.1. The van der Waals surface area contributed by atoms with Crippen molar-refractivity contribution in [3.05, 3.63) is 53.6 Å². The van der Waals surface area contributed by atoms with Gasteiger partial charge in [-0.15, -0.1) is 0 Å². The van der Waals surface area contributed by atoms with Gasteiger partial charge in [-0.1, -0.05) is 12.1 Å². The van der Waals surface area contributed by atoms with Crippen molar-refractivity contribution in [3.8, 4) is 17.2 Å². The van der Waals surface area contributed by atoms with E-state index in [2.05, 4.69) is 5.32 Å². The summed E-state index contributed by atoms with van der Waals surface area (Å²) >= 11 is 0. The first-order chi connectivity index (χ1) is 13.2. The Morgan fingerprint density at radius 2 is 1.89 bits per heavy atom. The first kappa shape index (κ1) is 19.0. The predicted octanol–water partition coefficient (Wildman–Crippen LogP) is 1.77. The summed E-state index contributed by atoms with van der Waals surface area (Å²) in [5.41, 5.74) is 1.42. The standard InChI is InChI=1S/C20H23NO6/c1-24-17-5-2-14(3-6-17)12-25-13-16(22)11-21-20(23)15-4-7-18-19(10-15)27-9-8-26-18/h2-7,10,16,22H,8-9,11-13H2,1H3,(H,21,23)/t16-/m0/s1. The summed E-state index contributed by atoms with van der Waals surface area (Å²) in [6.07, 6.45) is -0.801. The minimum atomic E-state index is -0.801. The highest BCUT2D eigenvalue weighted by molar-refractivity contribution is 5.94. The van der Waals surface area contributed by atoms with Crippen molar-refractivity contribution in [3.63, 3.8) is 0 Å². The third-order valence-electron chi connectivity index (χ3n) is 4.04. The Balaban J connectivity index is 1.40. The molecule has 1 heterocycles. The average molecular weight is 373 g/mol. The van der Waals surface area contributed by atoms with Crippen LogP contribution in [0.1, 0.15) is 15.9 Å². The van der Waals surface area contributed by atoms with Crippen molar-refractivity contribution in [2.45, 2.75) is 12.7 Å². The van der Waals surface area contributed by atoms with Gasteiger partial charge in [0.2, 0.25) is 0 Å². The normalized spacial score (nSPS) is 13.7. The second-order valence-corrected chi connectivity index (χ2v) is 6.09. The number of aliphatic hydroxyl groups excluding tert-OH is 1. The van der Waals surface area contributed by atoms with E-state index < -0.39 is 6.10 Å². The minimum Gasteiger partial charge on any atom is -0.497 e. The zero-order chi connectivity index (χ0) is 19.1. The van der Waals surface area contributed by atoms with Gasteiger partial charge in [-0.2, -0.15) is 0 Å². The zero-order valence-corrected chi connectivity index (χ0v) is 15.1. The molecule has 1 atom stereocenters. The van der Waals surface area contributed by atoms with Crippen LogP contribution in [0.5, 0.6) is 17.2 Å². The number of nitrogens with one attached hydrogen (secondary N) is 1. The van der Waals surface area contributed by atoms with E-state index in [0.717, 1.165) is 11.3 Å². The molecule has 2 aromatic rings. The summed E-state index contributed by atoms with van der Waals surface area (Å²) in [7, 11) is 1.61. The van der Waals surface area contributed by atoms with Crippen LogP contribution in [0.2, 0.25) is 0 Å². The van der Waals surface area contributed by atoms with E-state index in [9.17, 15) is 9.90 Å². The summed E-state index contributed by atoms with van der Waals surface area (Å²) in [4.78, 5) is 12.2. The first-order valence-electron chi connectivity index (χ1n) is 8.72. The van der Waals surface area contributed by atoms with Gasteiger partial charge in [0.25, 0.3) is 5.91 Å². The first-order valence-corrected chi connectivity index (χ1v) is 8.72. The van der Waals surface area contributed by atoms with Crippen LogP contribution in [0, 0.1) is 0 Å². The molecule has 7 nitrogen and oxygen atoms in total. The smallest absolute Gasteiger partial charge is 0.251 e. The molecule has 1 aliphatic heterocycles. The Hall–Kier alpha value is -2.77. The molecule has 7 heteroatoms. The van der Waals surface area contributed by atoms with Crippen LogP contribution in [0.25, 0.3) is 0 Å². The number of aliphatic hydroxyl groups is 1. The second kappa shape index (κ2) is 9.25. The predicted molar refractivity (Wildman–Crippen MR) is 98.4 cm³/mol. The molecule has 0 fully saturated rings. The van der Waals surface area contributed by atoms with Crippen LogP contribution >= 0.6 is 0 Å². The fourth-order valence-electron chi connectivity index (χ4n) is 2.59. The van der Waals surface area contributed by atoms with Gasteiger partial charge in [0.15, 0.2) is 11.5 Å². The van der Waals surface area contributed by atoms with Crippen LogP contribution in [-0.4, -0.2) is 50.6 Å². The highest BCUT2D eigenvalue weighted by Crippen LogP contribution is 2.30. The summed E-state index contributed by atoms with van der Waals surface area (Å²) in [5.74, 6) is 1.67. The average Bonchev–Trinajstić information content (AvgIpc) is 2.72. The number of hydrogen-bond acceptors (Lipinski definition) is 6. The Morgan fingerprint density at radius 1 is 1.15 bits per heavy atom. The molecule has 2 aromatic carbocycles. The van der Waals surface area contributed by atoms with Crippen molar-refractivity contribution >= 4 is 5.91 Å². The Morgan fingerprint density at radius 3 is 2.63 bits per heavy atom.